The molecule has 7 rings (SSSR count). The average Bonchev–Trinajstić information content (AvgIpc) is 3.42. The van der Waals surface area contributed by atoms with E-state index < -0.39 is 0 Å². The molecule has 2 aliphatic carbocycles. The van der Waals surface area contributed by atoms with Crippen LogP contribution in [0.3, 0.4) is 0 Å². The van der Waals surface area contributed by atoms with Gasteiger partial charge in [-0.05, 0) is 86.4 Å². The van der Waals surface area contributed by atoms with Gasteiger partial charge in [-0.25, -0.2) is 0 Å². The minimum absolute atomic E-state index is 0.449. The molecule has 0 aromatic heterocycles. The van der Waals surface area contributed by atoms with E-state index in [1.165, 1.54) is 75.7 Å². The van der Waals surface area contributed by atoms with Crippen molar-refractivity contribution in [1.29, 1.82) is 0 Å². The van der Waals surface area contributed by atoms with Crippen LogP contribution in [0.15, 0.2) is 60.7 Å². The van der Waals surface area contributed by atoms with E-state index in [0.29, 0.717) is 23.4 Å². The van der Waals surface area contributed by atoms with Crippen LogP contribution in [0.25, 0.3) is 0 Å². The first-order valence-corrected chi connectivity index (χ1v) is 12.4. The molecule has 0 radical (unpaired) electrons. The van der Waals surface area contributed by atoms with Crippen LogP contribution in [0.4, 0.5) is 0 Å². The van der Waals surface area contributed by atoms with Crippen molar-refractivity contribution in [1.82, 2.24) is 10.2 Å². The van der Waals surface area contributed by atoms with Gasteiger partial charge in [0, 0.05) is 24.5 Å². The summed E-state index contributed by atoms with van der Waals surface area (Å²) in [5.41, 5.74) is 3.58. The highest BCUT2D eigenvalue weighted by Crippen LogP contribution is 2.54. The van der Waals surface area contributed by atoms with E-state index in [0.717, 1.165) is 11.8 Å². The molecular formula is C28H36N2. The van der Waals surface area contributed by atoms with Crippen molar-refractivity contribution in [3.05, 3.63) is 71.8 Å². The van der Waals surface area contributed by atoms with Gasteiger partial charge in [0.05, 0.1) is 0 Å². The van der Waals surface area contributed by atoms with Crippen molar-refractivity contribution in [3.63, 3.8) is 0 Å². The van der Waals surface area contributed by atoms with Crippen LogP contribution >= 0.6 is 0 Å². The summed E-state index contributed by atoms with van der Waals surface area (Å²) in [4.78, 5) is 2.83. The fourth-order valence-corrected chi connectivity index (χ4v) is 7.59. The standard InChI is InChI=1S/C28H36N2/c1-3-7-22(8-4-1)25(23-9-5-2-6-10-23)27-26(24-13-17-30(27)18-14-24)29-20-28-15-11-21(19-28)12-16-28/h1-10,21,24-27,29H,11-20H2/t21-,26?,27?,28-. The Morgan fingerprint density at radius 1 is 0.833 bits per heavy atom. The molecular weight excluding hydrogens is 364 g/mol. The number of hydrogen-bond acceptors (Lipinski definition) is 2. The monoisotopic (exact) mass is 400 g/mol. The SMILES string of the molecule is c1ccc(C(c2ccccc2)C2C(NC[C@]34CC[C@H](CC3)C4)C3CCN2CC3)cc1. The molecule has 2 saturated carbocycles. The number of piperidine rings is 3. The number of nitrogens with zero attached hydrogens (tertiary/aromatic N) is 1. The lowest BCUT2D eigenvalue weighted by Gasteiger charge is -2.54. The smallest absolute Gasteiger partial charge is 0.0361 e. The molecule has 4 bridgehead atoms. The minimum atomic E-state index is 0.449. The van der Waals surface area contributed by atoms with Gasteiger partial charge in [-0.2, -0.15) is 0 Å². The third-order valence-electron chi connectivity index (χ3n) is 9.13. The Hall–Kier alpha value is -1.64. The lowest BCUT2D eigenvalue weighted by atomic mass is 9.70. The van der Waals surface area contributed by atoms with Crippen molar-refractivity contribution in [2.45, 2.75) is 62.9 Å². The Morgan fingerprint density at radius 2 is 1.43 bits per heavy atom. The maximum atomic E-state index is 4.24. The molecule has 0 spiro atoms. The van der Waals surface area contributed by atoms with Gasteiger partial charge in [0.25, 0.3) is 0 Å². The van der Waals surface area contributed by atoms with Crippen LogP contribution in [-0.2, 0) is 0 Å². The summed E-state index contributed by atoms with van der Waals surface area (Å²) < 4.78 is 0. The first-order valence-electron chi connectivity index (χ1n) is 12.4. The summed E-state index contributed by atoms with van der Waals surface area (Å²) in [7, 11) is 0. The highest BCUT2D eigenvalue weighted by atomic mass is 15.2. The predicted octanol–water partition coefficient (Wildman–Crippen LogP) is 5.45. The zero-order valence-corrected chi connectivity index (χ0v) is 18.2. The van der Waals surface area contributed by atoms with Crippen LogP contribution < -0.4 is 5.32 Å². The molecule has 5 aliphatic rings. The lowest BCUT2D eigenvalue weighted by Crippen LogP contribution is -2.65. The van der Waals surface area contributed by atoms with Crippen molar-refractivity contribution in [3.8, 4) is 0 Å². The molecule has 0 amide bonds. The first kappa shape index (κ1) is 19.1. The summed E-state index contributed by atoms with van der Waals surface area (Å²) in [6.45, 7) is 3.80. The maximum absolute atomic E-state index is 4.24. The number of fused-ring (bicyclic) bond motifs is 5. The summed E-state index contributed by atoms with van der Waals surface area (Å²) in [5, 5.41) is 4.24. The van der Waals surface area contributed by atoms with E-state index in [-0.39, 0.29) is 0 Å². The van der Waals surface area contributed by atoms with Gasteiger partial charge in [-0.15, -0.1) is 0 Å². The number of benzene rings is 2. The summed E-state index contributed by atoms with van der Waals surface area (Å²) in [6.07, 6.45) is 10.2. The van der Waals surface area contributed by atoms with Gasteiger partial charge in [0.15, 0.2) is 0 Å². The number of nitrogens with one attached hydrogen (secondary N) is 1. The number of rotatable bonds is 6. The molecule has 3 heterocycles. The molecule has 2 atom stereocenters. The maximum Gasteiger partial charge on any atom is 0.0361 e. The Morgan fingerprint density at radius 3 is 1.97 bits per heavy atom. The third kappa shape index (κ3) is 3.33. The van der Waals surface area contributed by atoms with Crippen molar-refractivity contribution >= 4 is 0 Å². The zero-order chi connectivity index (χ0) is 20.0. The molecule has 30 heavy (non-hydrogen) atoms. The van der Waals surface area contributed by atoms with Crippen LogP contribution in [-0.4, -0.2) is 36.6 Å². The fourth-order valence-electron chi connectivity index (χ4n) is 7.59. The first-order chi connectivity index (χ1) is 14.8. The second-order valence-corrected chi connectivity index (χ2v) is 10.7. The molecule has 2 aromatic rings. The average molecular weight is 401 g/mol. The molecule has 158 valence electrons. The van der Waals surface area contributed by atoms with E-state index in [2.05, 4.69) is 70.9 Å². The number of hydrogen-bond donors (Lipinski definition) is 1. The molecule has 1 N–H and O–H groups in total. The minimum Gasteiger partial charge on any atom is -0.312 e. The van der Waals surface area contributed by atoms with Crippen LogP contribution in [0.2, 0.25) is 0 Å². The molecule has 2 nitrogen and oxygen atoms in total. The molecule has 2 heteroatoms. The summed E-state index contributed by atoms with van der Waals surface area (Å²) in [6, 6.07) is 23.8. The molecule has 2 unspecified atom stereocenters. The summed E-state index contributed by atoms with van der Waals surface area (Å²) >= 11 is 0. The van der Waals surface area contributed by atoms with E-state index in [4.69, 9.17) is 0 Å². The van der Waals surface area contributed by atoms with E-state index >= 15 is 0 Å². The fraction of sp³-hybridized carbons (Fsp3) is 0.571. The van der Waals surface area contributed by atoms with Crippen molar-refractivity contribution in [2.24, 2.45) is 17.3 Å². The zero-order valence-electron chi connectivity index (χ0n) is 18.2. The molecule has 3 saturated heterocycles. The van der Waals surface area contributed by atoms with Crippen LogP contribution in [0.5, 0.6) is 0 Å². The summed E-state index contributed by atoms with van der Waals surface area (Å²) in [5.74, 6) is 2.32. The van der Waals surface area contributed by atoms with Gasteiger partial charge in [-0.1, -0.05) is 60.7 Å². The van der Waals surface area contributed by atoms with Gasteiger partial charge in [-0.3, -0.25) is 4.90 Å². The van der Waals surface area contributed by atoms with Crippen LogP contribution in [0.1, 0.15) is 62.0 Å². The topological polar surface area (TPSA) is 15.3 Å². The van der Waals surface area contributed by atoms with Gasteiger partial charge in [0.1, 0.15) is 0 Å². The van der Waals surface area contributed by atoms with Crippen molar-refractivity contribution in [2.75, 3.05) is 19.6 Å². The molecule has 5 fully saturated rings. The van der Waals surface area contributed by atoms with Crippen molar-refractivity contribution < 1.29 is 0 Å². The van der Waals surface area contributed by atoms with E-state index in [9.17, 15) is 0 Å². The third-order valence-corrected chi connectivity index (χ3v) is 9.13. The second-order valence-electron chi connectivity index (χ2n) is 10.7. The Balaban J connectivity index is 1.33. The Bertz CT molecular complexity index is 792. The molecule has 3 aliphatic heterocycles. The largest absolute Gasteiger partial charge is 0.312 e. The van der Waals surface area contributed by atoms with E-state index in [1.807, 2.05) is 0 Å². The van der Waals surface area contributed by atoms with Gasteiger partial charge >= 0.3 is 0 Å². The molecule has 2 aromatic carbocycles. The lowest BCUT2D eigenvalue weighted by molar-refractivity contribution is 0.00119. The Labute approximate surface area is 182 Å². The predicted molar refractivity (Wildman–Crippen MR) is 124 cm³/mol. The normalized spacial score (nSPS) is 37.2. The highest BCUT2D eigenvalue weighted by molar-refractivity contribution is 5.36. The van der Waals surface area contributed by atoms with Gasteiger partial charge < -0.3 is 5.32 Å². The Kier molecular flexibility index (Phi) is 4.96. The quantitative estimate of drug-likeness (QED) is 0.693. The van der Waals surface area contributed by atoms with Crippen LogP contribution in [0, 0.1) is 17.3 Å². The highest BCUT2D eigenvalue weighted by Gasteiger charge is 2.49. The van der Waals surface area contributed by atoms with Gasteiger partial charge in [0.2, 0.25) is 0 Å². The van der Waals surface area contributed by atoms with E-state index in [1.54, 1.807) is 0 Å². The second kappa shape index (κ2) is 7.80.